The highest BCUT2D eigenvalue weighted by atomic mass is 16.6. The summed E-state index contributed by atoms with van der Waals surface area (Å²) in [4.78, 5) is 27.4. The van der Waals surface area contributed by atoms with Gasteiger partial charge in [0.25, 0.3) is 5.91 Å². The van der Waals surface area contributed by atoms with Crippen LogP contribution in [0.1, 0.15) is 32.9 Å². The zero-order chi connectivity index (χ0) is 22.7. The summed E-state index contributed by atoms with van der Waals surface area (Å²) in [6.07, 6.45) is 1.57. The van der Waals surface area contributed by atoms with Crippen LogP contribution in [-0.4, -0.2) is 35.4 Å². The molecule has 10 heteroatoms. The molecule has 2 aromatic heterocycles. The number of benzene rings is 2. The summed E-state index contributed by atoms with van der Waals surface area (Å²) in [5.74, 6) is -0.0966. The van der Waals surface area contributed by atoms with Gasteiger partial charge in [-0.15, -0.1) is 5.10 Å². The highest BCUT2D eigenvalue weighted by Gasteiger charge is 2.21. The van der Waals surface area contributed by atoms with Gasteiger partial charge >= 0.3 is 5.69 Å². The van der Waals surface area contributed by atoms with Crippen LogP contribution in [0.2, 0.25) is 0 Å². The fourth-order valence-corrected chi connectivity index (χ4v) is 3.41. The lowest BCUT2D eigenvalue weighted by Gasteiger charge is -2.06. The zero-order valence-corrected chi connectivity index (χ0v) is 17.6. The van der Waals surface area contributed by atoms with E-state index < -0.39 is 4.92 Å². The Labute approximate surface area is 183 Å². The highest BCUT2D eigenvalue weighted by molar-refractivity contribution is 6.03. The number of amides is 1. The monoisotopic (exact) mass is 431 g/mol. The summed E-state index contributed by atoms with van der Waals surface area (Å²) < 4.78 is 3.24. The second-order valence-corrected chi connectivity index (χ2v) is 7.34. The Balaban J connectivity index is 1.40. The quantitative estimate of drug-likeness (QED) is 0.354. The number of carbonyl (C=O) groups excluding carboxylic acids is 1. The normalized spacial score (nSPS) is 10.8. The van der Waals surface area contributed by atoms with E-state index >= 15 is 0 Å². The first-order valence-corrected chi connectivity index (χ1v) is 9.93. The van der Waals surface area contributed by atoms with Crippen LogP contribution >= 0.6 is 0 Å². The van der Waals surface area contributed by atoms with Crippen molar-refractivity contribution in [3.8, 4) is 0 Å². The lowest BCUT2D eigenvalue weighted by Crippen LogP contribution is -2.13. The second-order valence-electron chi connectivity index (χ2n) is 7.34. The number of aromatic nitrogens is 5. The fourth-order valence-electron chi connectivity index (χ4n) is 3.41. The largest absolute Gasteiger partial charge is 0.312 e. The Kier molecular flexibility index (Phi) is 5.75. The first-order valence-electron chi connectivity index (χ1n) is 9.93. The van der Waals surface area contributed by atoms with Crippen molar-refractivity contribution in [2.75, 3.05) is 5.32 Å². The first kappa shape index (κ1) is 20.9. The van der Waals surface area contributed by atoms with Gasteiger partial charge in [0.1, 0.15) is 17.7 Å². The molecule has 4 aromatic rings. The third kappa shape index (κ3) is 4.53. The number of hydrogen-bond donors (Lipinski definition) is 1. The molecule has 2 aromatic carbocycles. The van der Waals surface area contributed by atoms with E-state index in [1.54, 1.807) is 53.8 Å². The van der Waals surface area contributed by atoms with Gasteiger partial charge < -0.3 is 0 Å². The Morgan fingerprint density at radius 2 is 1.69 bits per heavy atom. The van der Waals surface area contributed by atoms with Crippen molar-refractivity contribution >= 4 is 17.5 Å². The molecule has 1 amide bonds. The number of nitrogens with zero attached hydrogens (tertiary/aromatic N) is 6. The van der Waals surface area contributed by atoms with Crippen LogP contribution in [0.5, 0.6) is 0 Å². The Morgan fingerprint density at radius 3 is 2.34 bits per heavy atom. The lowest BCUT2D eigenvalue weighted by molar-refractivity contribution is -0.386. The number of anilines is 1. The highest BCUT2D eigenvalue weighted by Crippen LogP contribution is 2.22. The Bertz CT molecular complexity index is 1260. The molecule has 2 heterocycles. The van der Waals surface area contributed by atoms with Crippen molar-refractivity contribution in [2.45, 2.75) is 26.9 Å². The predicted molar refractivity (Wildman–Crippen MR) is 117 cm³/mol. The molecule has 0 radical (unpaired) electrons. The number of aryl methyl sites for hydroxylation is 1. The SMILES string of the molecule is Cc1nn(Cc2ccc(C(=O)Nc3ncn(Cc4ccccc4)n3)cc2)c(C)c1[N+](=O)[O-]. The van der Waals surface area contributed by atoms with Crippen molar-refractivity contribution in [1.29, 1.82) is 0 Å². The molecule has 0 aliphatic rings. The van der Waals surface area contributed by atoms with E-state index in [2.05, 4.69) is 20.5 Å². The molecule has 10 nitrogen and oxygen atoms in total. The Hall–Kier alpha value is -4.34. The molecule has 0 fully saturated rings. The number of hydrogen-bond acceptors (Lipinski definition) is 6. The van der Waals surface area contributed by atoms with E-state index in [1.807, 2.05) is 30.3 Å². The third-order valence-corrected chi connectivity index (χ3v) is 5.02. The minimum atomic E-state index is -0.420. The standard InChI is InChI=1S/C22H21N7O3/c1-15-20(29(31)32)16(2)28(25-15)13-18-8-10-19(11-9-18)21(30)24-22-23-14-27(26-22)12-17-6-4-3-5-7-17/h3-11,14H,12-13H2,1-2H3,(H,24,26,30). The van der Waals surface area contributed by atoms with Gasteiger partial charge in [-0.1, -0.05) is 42.5 Å². The molecule has 4 rings (SSSR count). The number of nitro groups is 1. The van der Waals surface area contributed by atoms with Crippen molar-refractivity contribution in [3.05, 3.63) is 99.1 Å². The fraction of sp³-hybridized carbons (Fsp3) is 0.182. The van der Waals surface area contributed by atoms with Crippen LogP contribution in [0.25, 0.3) is 0 Å². The van der Waals surface area contributed by atoms with E-state index in [0.717, 1.165) is 11.1 Å². The van der Waals surface area contributed by atoms with E-state index in [4.69, 9.17) is 0 Å². The van der Waals surface area contributed by atoms with Crippen LogP contribution < -0.4 is 5.32 Å². The molecule has 32 heavy (non-hydrogen) atoms. The lowest BCUT2D eigenvalue weighted by atomic mass is 10.1. The van der Waals surface area contributed by atoms with E-state index in [1.165, 1.54) is 0 Å². The minimum Gasteiger partial charge on any atom is -0.289 e. The van der Waals surface area contributed by atoms with Gasteiger partial charge in [0.15, 0.2) is 0 Å². The molecular formula is C22H21N7O3. The van der Waals surface area contributed by atoms with Crippen LogP contribution in [0, 0.1) is 24.0 Å². The maximum atomic E-state index is 12.5. The van der Waals surface area contributed by atoms with Crippen molar-refractivity contribution in [2.24, 2.45) is 0 Å². The van der Waals surface area contributed by atoms with Crippen molar-refractivity contribution in [3.63, 3.8) is 0 Å². The summed E-state index contributed by atoms with van der Waals surface area (Å²) in [6, 6.07) is 16.8. The second kappa shape index (κ2) is 8.80. The van der Waals surface area contributed by atoms with Gasteiger partial charge in [-0.3, -0.25) is 24.9 Å². The summed E-state index contributed by atoms with van der Waals surface area (Å²) >= 11 is 0. The predicted octanol–water partition coefficient (Wildman–Crippen LogP) is 3.35. The molecule has 0 atom stereocenters. The molecule has 0 spiro atoms. The van der Waals surface area contributed by atoms with Gasteiger partial charge in [-0.2, -0.15) is 5.10 Å². The smallest absolute Gasteiger partial charge is 0.289 e. The zero-order valence-electron chi connectivity index (χ0n) is 17.6. The first-order chi connectivity index (χ1) is 15.4. The van der Waals surface area contributed by atoms with Crippen molar-refractivity contribution in [1.82, 2.24) is 24.5 Å². The van der Waals surface area contributed by atoms with Gasteiger partial charge in [-0.25, -0.2) is 9.67 Å². The van der Waals surface area contributed by atoms with Crippen LogP contribution in [0.15, 0.2) is 60.9 Å². The van der Waals surface area contributed by atoms with E-state index in [9.17, 15) is 14.9 Å². The van der Waals surface area contributed by atoms with Crippen LogP contribution in [0.3, 0.4) is 0 Å². The summed E-state index contributed by atoms with van der Waals surface area (Å²) in [7, 11) is 0. The maximum absolute atomic E-state index is 12.5. The van der Waals surface area contributed by atoms with Crippen molar-refractivity contribution < 1.29 is 9.72 Å². The van der Waals surface area contributed by atoms with Crippen LogP contribution in [-0.2, 0) is 13.1 Å². The summed E-state index contributed by atoms with van der Waals surface area (Å²) in [5, 5.41) is 22.4. The van der Waals surface area contributed by atoms with Crippen LogP contribution in [0.4, 0.5) is 11.6 Å². The van der Waals surface area contributed by atoms with E-state index in [0.29, 0.717) is 30.0 Å². The van der Waals surface area contributed by atoms with Gasteiger partial charge in [0.2, 0.25) is 5.95 Å². The summed E-state index contributed by atoms with van der Waals surface area (Å²) in [6.45, 7) is 4.21. The average molecular weight is 431 g/mol. The molecule has 0 aliphatic heterocycles. The molecule has 0 saturated carbocycles. The topological polar surface area (TPSA) is 121 Å². The number of carbonyl (C=O) groups is 1. The molecule has 0 bridgehead atoms. The van der Waals surface area contributed by atoms with Gasteiger partial charge in [0, 0.05) is 5.56 Å². The van der Waals surface area contributed by atoms with Gasteiger partial charge in [-0.05, 0) is 37.1 Å². The molecular weight excluding hydrogens is 410 g/mol. The van der Waals surface area contributed by atoms with E-state index in [-0.39, 0.29) is 17.5 Å². The summed E-state index contributed by atoms with van der Waals surface area (Å²) in [5.41, 5.74) is 3.30. The van der Waals surface area contributed by atoms with Gasteiger partial charge in [0.05, 0.1) is 18.0 Å². The minimum absolute atomic E-state index is 0.0280. The number of rotatable bonds is 7. The number of nitrogens with one attached hydrogen (secondary N) is 1. The molecule has 0 aliphatic carbocycles. The third-order valence-electron chi connectivity index (χ3n) is 5.02. The maximum Gasteiger partial charge on any atom is 0.312 e. The average Bonchev–Trinajstić information content (AvgIpc) is 3.32. The molecule has 1 N–H and O–H groups in total. The molecule has 0 saturated heterocycles. The molecule has 162 valence electrons. The Morgan fingerprint density at radius 1 is 1.00 bits per heavy atom. The molecule has 0 unspecified atom stereocenters.